The summed E-state index contributed by atoms with van der Waals surface area (Å²) in [5, 5.41) is 2.24. The van der Waals surface area contributed by atoms with Crippen LogP contribution in [0.4, 0.5) is 19.0 Å². The molecule has 3 aromatic carbocycles. The summed E-state index contributed by atoms with van der Waals surface area (Å²) in [6.07, 6.45) is 0.131. The number of fused-ring (bicyclic) bond motifs is 3. The van der Waals surface area contributed by atoms with Gasteiger partial charge in [-0.05, 0) is 54.6 Å². The molecule has 3 saturated heterocycles. The third kappa shape index (κ3) is 4.77. The molecule has 43 heavy (non-hydrogen) atoms. The smallest absolute Gasteiger partial charge is 0.319 e. The summed E-state index contributed by atoms with van der Waals surface area (Å²) in [5.74, 6) is -1.49. The molecular formula is C32H29ClF3N5O2. The number of hydrogen-bond acceptors (Lipinski definition) is 6. The Balaban J connectivity index is 1.28. The number of rotatable bonds is 6. The number of carbonyl (C=O) groups excluding carboxylic acids is 1. The van der Waals surface area contributed by atoms with Crippen LogP contribution in [0.25, 0.3) is 32.8 Å². The lowest BCUT2D eigenvalue weighted by Gasteiger charge is -2.47. The molecule has 1 amide bonds. The third-order valence-electron chi connectivity index (χ3n) is 9.00. The first-order valence-corrected chi connectivity index (χ1v) is 14.7. The zero-order chi connectivity index (χ0) is 30.0. The van der Waals surface area contributed by atoms with Gasteiger partial charge in [0.05, 0.1) is 22.6 Å². The van der Waals surface area contributed by atoms with E-state index in [1.807, 2.05) is 48.3 Å². The number of carbonyl (C=O) groups is 1. The highest BCUT2D eigenvalue weighted by Crippen LogP contribution is 2.41. The van der Waals surface area contributed by atoms with Crippen molar-refractivity contribution in [2.45, 2.75) is 37.1 Å². The first-order valence-electron chi connectivity index (χ1n) is 14.3. The number of anilines is 1. The van der Waals surface area contributed by atoms with Crippen LogP contribution in [-0.4, -0.2) is 83.3 Å². The van der Waals surface area contributed by atoms with Crippen molar-refractivity contribution in [1.29, 1.82) is 0 Å². The Hall–Kier alpha value is -3.89. The van der Waals surface area contributed by atoms with Crippen LogP contribution in [0.2, 0.25) is 5.02 Å². The van der Waals surface area contributed by atoms with Crippen molar-refractivity contribution >= 4 is 45.0 Å². The first kappa shape index (κ1) is 27.9. The van der Waals surface area contributed by atoms with Gasteiger partial charge in [-0.1, -0.05) is 48.5 Å². The average molecular weight is 608 g/mol. The van der Waals surface area contributed by atoms with Crippen molar-refractivity contribution in [2.75, 3.05) is 38.2 Å². The SMILES string of the molecule is C=C(F)C(=O)N1CC[C@@H]2[C@H]1CN2c1nc(OC[C@@H]2C[C@@H](F)CN2C)nc2cc(-c3cccc4ccc(F)c(Cl)c34)ccc12. The van der Waals surface area contributed by atoms with Crippen LogP contribution in [0.3, 0.4) is 0 Å². The van der Waals surface area contributed by atoms with Crippen LogP contribution >= 0.6 is 11.6 Å². The molecule has 0 radical (unpaired) electrons. The van der Waals surface area contributed by atoms with E-state index in [0.29, 0.717) is 49.2 Å². The second-order valence-corrected chi connectivity index (χ2v) is 11.9. The van der Waals surface area contributed by atoms with Gasteiger partial charge in [0.2, 0.25) is 0 Å². The lowest BCUT2D eigenvalue weighted by molar-refractivity contribution is -0.130. The van der Waals surface area contributed by atoms with E-state index < -0.39 is 23.7 Å². The van der Waals surface area contributed by atoms with Gasteiger partial charge >= 0.3 is 6.01 Å². The Kier molecular flexibility index (Phi) is 6.93. The highest BCUT2D eigenvalue weighted by atomic mass is 35.5. The van der Waals surface area contributed by atoms with Crippen molar-refractivity contribution < 1.29 is 22.7 Å². The summed E-state index contributed by atoms with van der Waals surface area (Å²) in [6.45, 7) is 4.66. The van der Waals surface area contributed by atoms with E-state index in [9.17, 15) is 18.0 Å². The average Bonchev–Trinajstić information content (AvgIpc) is 3.49. The number of ether oxygens (including phenoxy) is 1. The molecule has 3 aliphatic rings. The maximum Gasteiger partial charge on any atom is 0.319 e. The number of likely N-dealkylation sites (N-methyl/N-ethyl adjacent to an activating group) is 1. The summed E-state index contributed by atoms with van der Waals surface area (Å²) < 4.78 is 48.2. The third-order valence-corrected chi connectivity index (χ3v) is 9.37. The maximum absolute atomic E-state index is 14.5. The Morgan fingerprint density at radius 1 is 1.14 bits per heavy atom. The van der Waals surface area contributed by atoms with Crippen molar-refractivity contribution in [3.05, 3.63) is 71.8 Å². The molecule has 0 spiro atoms. The zero-order valence-electron chi connectivity index (χ0n) is 23.4. The molecule has 4 aromatic rings. The van der Waals surface area contributed by atoms with Crippen molar-refractivity contribution in [3.8, 4) is 17.1 Å². The van der Waals surface area contributed by atoms with Gasteiger partial charge < -0.3 is 14.5 Å². The van der Waals surface area contributed by atoms with Gasteiger partial charge in [-0.3, -0.25) is 9.69 Å². The molecule has 0 unspecified atom stereocenters. The number of amides is 1. The zero-order valence-corrected chi connectivity index (χ0v) is 24.2. The van der Waals surface area contributed by atoms with Crippen molar-refractivity contribution in [3.63, 3.8) is 0 Å². The number of likely N-dealkylation sites (tertiary alicyclic amines) is 2. The number of alkyl halides is 1. The van der Waals surface area contributed by atoms with E-state index in [4.69, 9.17) is 26.3 Å². The minimum Gasteiger partial charge on any atom is -0.462 e. The minimum atomic E-state index is -0.962. The van der Waals surface area contributed by atoms with Crippen LogP contribution in [-0.2, 0) is 4.79 Å². The number of nitrogens with zero attached hydrogens (tertiary/aromatic N) is 5. The fourth-order valence-electron chi connectivity index (χ4n) is 6.74. The Labute approximate surface area is 251 Å². The summed E-state index contributed by atoms with van der Waals surface area (Å²) in [6, 6.07) is 14.3. The Morgan fingerprint density at radius 2 is 1.98 bits per heavy atom. The fourth-order valence-corrected chi connectivity index (χ4v) is 7.02. The molecule has 7 nitrogen and oxygen atoms in total. The molecule has 1 aromatic heterocycles. The maximum atomic E-state index is 14.5. The van der Waals surface area contributed by atoms with E-state index in [1.165, 1.54) is 11.0 Å². The molecule has 3 aliphatic heterocycles. The van der Waals surface area contributed by atoms with Gasteiger partial charge in [-0.25, -0.2) is 13.2 Å². The highest BCUT2D eigenvalue weighted by molar-refractivity contribution is 6.36. The Bertz CT molecular complexity index is 1790. The van der Waals surface area contributed by atoms with Crippen molar-refractivity contribution in [1.82, 2.24) is 19.8 Å². The second-order valence-electron chi connectivity index (χ2n) is 11.5. The summed E-state index contributed by atoms with van der Waals surface area (Å²) in [7, 11) is 1.87. The predicted molar refractivity (Wildman–Crippen MR) is 160 cm³/mol. The lowest BCUT2D eigenvalue weighted by Crippen LogP contribution is -2.63. The minimum absolute atomic E-state index is 0.0398. The van der Waals surface area contributed by atoms with Crippen LogP contribution in [0.5, 0.6) is 6.01 Å². The topological polar surface area (TPSA) is 61.8 Å². The molecule has 0 saturated carbocycles. The summed E-state index contributed by atoms with van der Waals surface area (Å²) >= 11 is 6.43. The van der Waals surface area contributed by atoms with Gasteiger partial charge in [-0.15, -0.1) is 0 Å². The van der Waals surface area contributed by atoms with Crippen LogP contribution < -0.4 is 9.64 Å². The molecule has 222 valence electrons. The highest BCUT2D eigenvalue weighted by Gasteiger charge is 2.50. The molecule has 11 heteroatoms. The summed E-state index contributed by atoms with van der Waals surface area (Å²) in [4.78, 5) is 27.4. The van der Waals surface area contributed by atoms with Gasteiger partial charge in [0.1, 0.15) is 24.4 Å². The van der Waals surface area contributed by atoms with E-state index in [-0.39, 0.29) is 35.8 Å². The predicted octanol–water partition coefficient (Wildman–Crippen LogP) is 5.94. The normalized spacial score (nSPS) is 23.6. The standard InChI is InChI=1S/C32H29ClF3N5O2/c1-17(34)31(42)40-11-10-26-27(40)15-41(26)30-23-8-6-19(22-5-3-4-18-7-9-24(36)29(33)28(18)22)12-25(23)37-32(38-30)43-16-21-13-20(35)14-39(21)2/h3-9,12,20-21,26-27H,1,10-11,13-16H2,2H3/t20-,21+,26-,27-/m1/s1. The van der Waals surface area contributed by atoms with Gasteiger partial charge in [0.15, 0.2) is 5.83 Å². The van der Waals surface area contributed by atoms with Gasteiger partial charge in [-0.2, -0.15) is 9.97 Å². The number of hydrogen-bond donors (Lipinski definition) is 0. The Morgan fingerprint density at radius 3 is 2.74 bits per heavy atom. The van der Waals surface area contributed by atoms with Crippen LogP contribution in [0, 0.1) is 5.82 Å². The molecule has 0 aliphatic carbocycles. The number of aromatic nitrogens is 2. The molecule has 7 rings (SSSR count). The largest absolute Gasteiger partial charge is 0.462 e. The van der Waals surface area contributed by atoms with Gasteiger partial charge in [0.25, 0.3) is 5.91 Å². The molecule has 4 atom stereocenters. The second kappa shape index (κ2) is 10.7. The van der Waals surface area contributed by atoms with E-state index in [0.717, 1.165) is 21.9 Å². The fraction of sp³-hybridized carbons (Fsp3) is 0.344. The van der Waals surface area contributed by atoms with E-state index in [2.05, 4.69) is 11.5 Å². The van der Waals surface area contributed by atoms with E-state index >= 15 is 0 Å². The quantitative estimate of drug-likeness (QED) is 0.253. The number of halogens is 4. The molecule has 0 N–H and O–H groups in total. The monoisotopic (exact) mass is 607 g/mol. The first-order chi connectivity index (χ1) is 20.7. The van der Waals surface area contributed by atoms with Crippen molar-refractivity contribution in [2.24, 2.45) is 0 Å². The summed E-state index contributed by atoms with van der Waals surface area (Å²) in [5.41, 5.74) is 2.16. The van der Waals surface area contributed by atoms with Crippen LogP contribution in [0.15, 0.2) is 60.9 Å². The number of benzene rings is 3. The van der Waals surface area contributed by atoms with Crippen LogP contribution in [0.1, 0.15) is 12.8 Å². The van der Waals surface area contributed by atoms with E-state index in [1.54, 1.807) is 6.07 Å². The molecule has 0 bridgehead atoms. The molecule has 4 heterocycles. The molecule has 3 fully saturated rings. The molecular weight excluding hydrogens is 579 g/mol. The lowest BCUT2D eigenvalue weighted by atomic mass is 9.95. The van der Waals surface area contributed by atoms with Gasteiger partial charge in [0, 0.05) is 36.4 Å².